The molecule has 3 rings (SSSR count). The Morgan fingerprint density at radius 3 is 2.62 bits per heavy atom. The van der Waals surface area contributed by atoms with Crippen LogP contribution in [0.3, 0.4) is 0 Å². The monoisotopic (exact) mass is 402 g/mol. The Labute approximate surface area is 177 Å². The Kier molecular flexibility index (Phi) is 8.40. The number of imidazole rings is 1. The van der Waals surface area contributed by atoms with Gasteiger partial charge in [0.1, 0.15) is 0 Å². The van der Waals surface area contributed by atoms with Crippen molar-refractivity contribution in [1.82, 2.24) is 24.7 Å². The van der Waals surface area contributed by atoms with Gasteiger partial charge in [0.25, 0.3) is 0 Å². The molecular weight excluding hydrogens is 360 g/mol. The van der Waals surface area contributed by atoms with Crippen LogP contribution in [0.4, 0.5) is 0 Å². The van der Waals surface area contributed by atoms with E-state index in [4.69, 9.17) is 4.99 Å². The molecule has 0 aliphatic carbocycles. The van der Waals surface area contributed by atoms with Gasteiger partial charge < -0.3 is 19.7 Å². The number of likely N-dealkylation sites (tertiary alicyclic amines) is 2. The summed E-state index contributed by atoms with van der Waals surface area (Å²) in [6, 6.07) is 0.471. The van der Waals surface area contributed by atoms with Crippen molar-refractivity contribution >= 4 is 5.96 Å². The number of nitrogens with one attached hydrogen (secondary N) is 1. The Balaban J connectivity index is 1.48. The van der Waals surface area contributed by atoms with E-state index in [1.165, 1.54) is 45.3 Å². The van der Waals surface area contributed by atoms with E-state index in [1.807, 2.05) is 12.5 Å². The number of guanidine groups is 1. The number of aliphatic imine (C=N–C) groups is 1. The lowest BCUT2D eigenvalue weighted by Crippen LogP contribution is -2.49. The zero-order valence-corrected chi connectivity index (χ0v) is 19.1. The first-order valence-corrected chi connectivity index (χ1v) is 11.8. The lowest BCUT2D eigenvalue weighted by molar-refractivity contribution is 0.139. The molecule has 2 saturated heterocycles. The van der Waals surface area contributed by atoms with E-state index in [2.05, 4.69) is 58.6 Å². The maximum atomic E-state index is 4.98. The number of hydrogen-bond acceptors (Lipinski definition) is 3. The Bertz CT molecular complexity index is 603. The van der Waals surface area contributed by atoms with E-state index in [9.17, 15) is 0 Å². The summed E-state index contributed by atoms with van der Waals surface area (Å²) in [7, 11) is 0. The maximum absolute atomic E-state index is 4.98. The van der Waals surface area contributed by atoms with Gasteiger partial charge >= 0.3 is 0 Å². The van der Waals surface area contributed by atoms with Gasteiger partial charge in [-0.25, -0.2) is 4.98 Å². The second-order valence-corrected chi connectivity index (χ2v) is 9.44. The Hall–Kier alpha value is -1.56. The van der Waals surface area contributed by atoms with Crippen molar-refractivity contribution in [1.29, 1.82) is 0 Å². The number of aromatic nitrogens is 2. The highest BCUT2D eigenvalue weighted by molar-refractivity contribution is 5.80. The molecule has 2 aliphatic rings. The molecule has 0 radical (unpaired) electrons. The highest BCUT2D eigenvalue weighted by Gasteiger charge is 2.28. The molecule has 6 nitrogen and oxygen atoms in total. The Morgan fingerprint density at radius 2 is 1.93 bits per heavy atom. The second kappa shape index (κ2) is 11.0. The van der Waals surface area contributed by atoms with Gasteiger partial charge in [-0.2, -0.15) is 0 Å². The predicted octanol–water partition coefficient (Wildman–Crippen LogP) is 3.49. The number of rotatable bonds is 7. The summed E-state index contributed by atoms with van der Waals surface area (Å²) in [6.07, 6.45) is 10.9. The van der Waals surface area contributed by atoms with Crippen LogP contribution in [0.5, 0.6) is 0 Å². The van der Waals surface area contributed by atoms with E-state index in [1.54, 1.807) is 0 Å². The highest BCUT2D eigenvalue weighted by atomic mass is 15.3. The molecule has 6 heteroatoms. The third-order valence-corrected chi connectivity index (χ3v) is 6.55. The predicted molar refractivity (Wildman–Crippen MR) is 121 cm³/mol. The van der Waals surface area contributed by atoms with Crippen molar-refractivity contribution in [3.63, 3.8) is 0 Å². The first kappa shape index (κ1) is 22.1. The van der Waals surface area contributed by atoms with Crippen molar-refractivity contribution < 1.29 is 0 Å². The number of piperidine rings is 2. The van der Waals surface area contributed by atoms with Crippen LogP contribution in [-0.2, 0) is 0 Å². The lowest BCUT2D eigenvalue weighted by atomic mass is 9.92. The minimum absolute atomic E-state index is 0.471. The molecule has 4 atom stereocenters. The minimum atomic E-state index is 0.471. The number of hydrogen-bond donors (Lipinski definition) is 1. The summed E-state index contributed by atoms with van der Waals surface area (Å²) in [5, 5.41) is 3.53. The quantitative estimate of drug-likeness (QED) is 0.431. The average molecular weight is 403 g/mol. The topological polar surface area (TPSA) is 48.7 Å². The van der Waals surface area contributed by atoms with Gasteiger partial charge in [0.15, 0.2) is 5.96 Å². The van der Waals surface area contributed by atoms with Crippen molar-refractivity contribution in [2.24, 2.45) is 22.7 Å². The van der Waals surface area contributed by atoms with Crippen LogP contribution in [0.15, 0.2) is 23.7 Å². The lowest BCUT2D eigenvalue weighted by Gasteiger charge is -2.39. The van der Waals surface area contributed by atoms with Crippen molar-refractivity contribution in [3.05, 3.63) is 18.7 Å². The van der Waals surface area contributed by atoms with Crippen LogP contribution in [0.25, 0.3) is 0 Å². The highest BCUT2D eigenvalue weighted by Crippen LogP contribution is 2.27. The zero-order chi connectivity index (χ0) is 20.6. The summed E-state index contributed by atoms with van der Waals surface area (Å²) in [5.41, 5.74) is 0. The number of nitrogens with zero attached hydrogens (tertiary/aromatic N) is 5. The molecule has 1 aromatic heterocycles. The SMILES string of the molecule is CCNC(=NCCCCN1CC(C)CC(C)C1)N1CCC(C)C(n2ccnc2)C1. The molecule has 2 fully saturated rings. The van der Waals surface area contributed by atoms with E-state index < -0.39 is 0 Å². The molecule has 4 unspecified atom stereocenters. The van der Waals surface area contributed by atoms with Gasteiger partial charge in [0, 0.05) is 51.7 Å². The Morgan fingerprint density at radius 1 is 1.14 bits per heavy atom. The van der Waals surface area contributed by atoms with Crippen molar-refractivity contribution in [3.8, 4) is 0 Å². The molecule has 1 N–H and O–H groups in total. The fraction of sp³-hybridized carbons (Fsp3) is 0.826. The summed E-state index contributed by atoms with van der Waals surface area (Å²) in [4.78, 5) is 14.3. The van der Waals surface area contributed by atoms with Crippen LogP contribution < -0.4 is 5.32 Å². The van der Waals surface area contributed by atoms with E-state index >= 15 is 0 Å². The van der Waals surface area contributed by atoms with Gasteiger partial charge in [0.05, 0.1) is 12.4 Å². The van der Waals surface area contributed by atoms with Crippen LogP contribution in [0.2, 0.25) is 0 Å². The summed E-state index contributed by atoms with van der Waals surface area (Å²) >= 11 is 0. The van der Waals surface area contributed by atoms with Crippen LogP contribution >= 0.6 is 0 Å². The fourth-order valence-corrected chi connectivity index (χ4v) is 5.13. The molecule has 0 amide bonds. The van der Waals surface area contributed by atoms with Crippen LogP contribution in [0, 0.1) is 17.8 Å². The molecular formula is C23H42N6. The van der Waals surface area contributed by atoms with Crippen LogP contribution in [-0.4, -0.2) is 71.1 Å². The first-order chi connectivity index (χ1) is 14.1. The summed E-state index contributed by atoms with van der Waals surface area (Å²) in [6.45, 7) is 17.0. The molecule has 164 valence electrons. The molecule has 29 heavy (non-hydrogen) atoms. The first-order valence-electron chi connectivity index (χ1n) is 11.8. The van der Waals surface area contributed by atoms with Gasteiger partial charge in [-0.3, -0.25) is 4.99 Å². The standard InChI is InChI=1S/C23H42N6/c1-5-25-23(26-9-6-7-11-27-15-19(2)14-20(3)16-27)28-12-8-21(4)22(17-28)29-13-10-24-18-29/h10,13,18-22H,5-9,11-12,14-17H2,1-4H3,(H,25,26). The normalized spacial score (nSPS) is 29.2. The minimum Gasteiger partial charge on any atom is -0.357 e. The van der Waals surface area contributed by atoms with Gasteiger partial charge in [0.2, 0.25) is 0 Å². The fourth-order valence-electron chi connectivity index (χ4n) is 5.13. The molecule has 2 aliphatic heterocycles. The summed E-state index contributed by atoms with van der Waals surface area (Å²) < 4.78 is 2.26. The van der Waals surface area contributed by atoms with Gasteiger partial charge in [-0.15, -0.1) is 0 Å². The van der Waals surface area contributed by atoms with Crippen molar-refractivity contribution in [2.75, 3.05) is 45.8 Å². The third-order valence-electron chi connectivity index (χ3n) is 6.55. The smallest absolute Gasteiger partial charge is 0.193 e. The molecule has 0 spiro atoms. The van der Waals surface area contributed by atoms with E-state index in [-0.39, 0.29) is 0 Å². The van der Waals surface area contributed by atoms with Gasteiger partial charge in [-0.1, -0.05) is 20.8 Å². The molecule has 0 aromatic carbocycles. The van der Waals surface area contributed by atoms with Crippen LogP contribution in [0.1, 0.15) is 59.4 Å². The van der Waals surface area contributed by atoms with Gasteiger partial charge in [-0.05, 0) is 56.9 Å². The average Bonchev–Trinajstić information content (AvgIpc) is 3.21. The maximum Gasteiger partial charge on any atom is 0.193 e. The van der Waals surface area contributed by atoms with E-state index in [0.717, 1.165) is 44.0 Å². The largest absolute Gasteiger partial charge is 0.357 e. The molecule has 1 aromatic rings. The molecule has 0 bridgehead atoms. The second-order valence-electron chi connectivity index (χ2n) is 9.44. The van der Waals surface area contributed by atoms with Crippen molar-refractivity contribution in [2.45, 2.75) is 59.4 Å². The zero-order valence-electron chi connectivity index (χ0n) is 19.1. The number of unbranched alkanes of at least 4 members (excludes halogenated alkanes) is 1. The van der Waals surface area contributed by atoms with E-state index in [0.29, 0.717) is 12.0 Å². The molecule has 0 saturated carbocycles. The summed E-state index contributed by atoms with van der Waals surface area (Å²) in [5.74, 6) is 3.45. The third kappa shape index (κ3) is 6.46. The molecule has 3 heterocycles.